The highest BCUT2D eigenvalue weighted by Crippen LogP contribution is 2.36. The molecule has 0 unspecified atom stereocenters. The van der Waals surface area contributed by atoms with E-state index in [1.54, 1.807) is 72.5 Å². The number of benzene rings is 3. The van der Waals surface area contributed by atoms with E-state index in [0.29, 0.717) is 19.6 Å². The van der Waals surface area contributed by atoms with E-state index in [0.717, 1.165) is 5.56 Å². The SMILES string of the molecule is C[C@@H]1CN([C@H](C)CO)C(=O)c2cccc(NS(=O)(=O)c3ccccc3)c2O[C@@H]1CN(C)Cc1ccc(C(=O)O)cc1. The van der Waals surface area contributed by atoms with Gasteiger partial charge in [0.25, 0.3) is 15.9 Å². The standard InChI is InChI=1S/C30H35N3O7S/c1-20-16-33(21(2)19-34)29(35)25-10-7-11-26(31-41(38,39)24-8-5-4-6-9-24)28(25)40-27(20)18-32(3)17-22-12-14-23(15-13-22)30(36)37/h4-15,20-21,27,31,34H,16-19H2,1-3H3,(H,36,37)/t20-,21-,27-/m1/s1. The van der Waals surface area contributed by atoms with Crippen molar-refractivity contribution in [3.05, 3.63) is 89.5 Å². The molecule has 41 heavy (non-hydrogen) atoms. The lowest BCUT2D eigenvalue weighted by molar-refractivity contribution is 0.0343. The molecule has 1 aliphatic heterocycles. The number of para-hydroxylation sites is 1. The predicted molar refractivity (Wildman–Crippen MR) is 155 cm³/mol. The molecule has 1 amide bonds. The molecule has 4 rings (SSSR count). The van der Waals surface area contributed by atoms with Gasteiger partial charge < -0.3 is 19.8 Å². The molecule has 10 nitrogen and oxygen atoms in total. The van der Waals surface area contributed by atoms with Crippen LogP contribution in [-0.2, 0) is 16.6 Å². The van der Waals surface area contributed by atoms with E-state index in [-0.39, 0.29) is 45.9 Å². The first-order chi connectivity index (χ1) is 19.5. The van der Waals surface area contributed by atoms with Crippen LogP contribution in [0.15, 0.2) is 77.7 Å². The smallest absolute Gasteiger partial charge is 0.335 e. The molecule has 0 spiro atoms. The molecule has 0 aliphatic carbocycles. The maximum Gasteiger partial charge on any atom is 0.335 e. The van der Waals surface area contributed by atoms with Gasteiger partial charge in [-0.2, -0.15) is 0 Å². The van der Waals surface area contributed by atoms with Crippen molar-refractivity contribution in [2.75, 3.05) is 31.5 Å². The summed E-state index contributed by atoms with van der Waals surface area (Å²) in [6, 6.07) is 18.9. The number of aliphatic hydroxyl groups excluding tert-OH is 1. The first-order valence-corrected chi connectivity index (χ1v) is 14.8. The Hall–Kier alpha value is -3.93. The number of amides is 1. The van der Waals surface area contributed by atoms with Crippen molar-refractivity contribution < 1.29 is 33.0 Å². The van der Waals surface area contributed by atoms with Crippen molar-refractivity contribution in [1.29, 1.82) is 0 Å². The van der Waals surface area contributed by atoms with Crippen LogP contribution >= 0.6 is 0 Å². The lowest BCUT2D eigenvalue weighted by Crippen LogP contribution is -2.49. The van der Waals surface area contributed by atoms with E-state index in [2.05, 4.69) is 4.72 Å². The first kappa shape index (κ1) is 30.0. The number of ether oxygens (including phenoxy) is 1. The maximum absolute atomic E-state index is 13.7. The average Bonchev–Trinajstić information content (AvgIpc) is 2.95. The van der Waals surface area contributed by atoms with Crippen molar-refractivity contribution in [2.24, 2.45) is 5.92 Å². The van der Waals surface area contributed by atoms with Crippen molar-refractivity contribution >= 4 is 27.6 Å². The molecule has 0 aromatic heterocycles. The van der Waals surface area contributed by atoms with Crippen molar-refractivity contribution in [3.63, 3.8) is 0 Å². The van der Waals surface area contributed by atoms with Crippen LogP contribution < -0.4 is 9.46 Å². The number of sulfonamides is 1. The summed E-state index contributed by atoms with van der Waals surface area (Å²) in [5, 5.41) is 19.1. The second kappa shape index (κ2) is 12.7. The molecular formula is C30H35N3O7S. The Morgan fingerprint density at radius 3 is 2.41 bits per heavy atom. The Morgan fingerprint density at radius 2 is 1.78 bits per heavy atom. The molecule has 3 aromatic rings. The summed E-state index contributed by atoms with van der Waals surface area (Å²) in [6.45, 7) is 4.74. The zero-order valence-electron chi connectivity index (χ0n) is 23.2. The predicted octanol–water partition coefficient (Wildman–Crippen LogP) is 3.54. The van der Waals surface area contributed by atoms with Crippen LogP contribution in [0, 0.1) is 5.92 Å². The van der Waals surface area contributed by atoms with Crippen LogP contribution in [0.1, 0.15) is 40.1 Å². The van der Waals surface area contributed by atoms with Gasteiger partial charge in [-0.25, -0.2) is 13.2 Å². The lowest BCUT2D eigenvalue weighted by atomic mass is 9.99. The highest BCUT2D eigenvalue weighted by Gasteiger charge is 2.35. The number of anilines is 1. The fraction of sp³-hybridized carbons (Fsp3) is 0.333. The molecule has 1 aliphatic rings. The minimum Gasteiger partial charge on any atom is -0.486 e. The number of carbonyl (C=O) groups excluding carboxylic acids is 1. The number of rotatable bonds is 10. The van der Waals surface area contributed by atoms with Gasteiger partial charge in [-0.15, -0.1) is 0 Å². The number of hydrogen-bond acceptors (Lipinski definition) is 7. The summed E-state index contributed by atoms with van der Waals surface area (Å²) in [7, 11) is -2.06. The summed E-state index contributed by atoms with van der Waals surface area (Å²) in [4.78, 5) is 28.6. The van der Waals surface area contributed by atoms with Crippen LogP contribution in [0.2, 0.25) is 0 Å². The summed E-state index contributed by atoms with van der Waals surface area (Å²) in [6.07, 6.45) is -0.457. The van der Waals surface area contributed by atoms with Crippen molar-refractivity contribution in [3.8, 4) is 5.75 Å². The third kappa shape index (κ3) is 7.05. The molecule has 0 radical (unpaired) electrons. The largest absolute Gasteiger partial charge is 0.486 e. The molecular weight excluding hydrogens is 546 g/mol. The van der Waals surface area contributed by atoms with Gasteiger partial charge >= 0.3 is 5.97 Å². The molecule has 0 saturated heterocycles. The molecule has 11 heteroatoms. The number of aliphatic hydroxyl groups is 1. The Balaban J connectivity index is 1.67. The van der Waals surface area contributed by atoms with Gasteiger partial charge in [-0.3, -0.25) is 14.4 Å². The Kier molecular flexibility index (Phi) is 9.31. The molecule has 1 heterocycles. The topological polar surface area (TPSA) is 136 Å². The summed E-state index contributed by atoms with van der Waals surface area (Å²) < 4.78 is 35.5. The highest BCUT2D eigenvalue weighted by molar-refractivity contribution is 7.92. The minimum atomic E-state index is -3.97. The summed E-state index contributed by atoms with van der Waals surface area (Å²) >= 11 is 0. The average molecular weight is 582 g/mol. The Morgan fingerprint density at radius 1 is 1.10 bits per heavy atom. The second-order valence-electron chi connectivity index (χ2n) is 10.4. The number of nitrogens with zero attached hydrogens (tertiary/aromatic N) is 2. The molecule has 218 valence electrons. The monoisotopic (exact) mass is 581 g/mol. The number of hydrogen-bond donors (Lipinski definition) is 3. The maximum atomic E-state index is 13.7. The van der Waals surface area contributed by atoms with Gasteiger partial charge in [0.1, 0.15) is 6.10 Å². The van der Waals surface area contributed by atoms with Crippen molar-refractivity contribution in [1.82, 2.24) is 9.80 Å². The minimum absolute atomic E-state index is 0.0730. The van der Waals surface area contributed by atoms with Gasteiger partial charge in [0, 0.05) is 25.6 Å². The highest BCUT2D eigenvalue weighted by atomic mass is 32.2. The fourth-order valence-electron chi connectivity index (χ4n) is 4.78. The number of likely N-dealkylation sites (N-methyl/N-ethyl adjacent to an activating group) is 1. The summed E-state index contributed by atoms with van der Waals surface area (Å²) in [5.41, 5.74) is 1.46. The lowest BCUT2D eigenvalue weighted by Gasteiger charge is -2.38. The normalized spacial score (nSPS) is 18.2. The van der Waals surface area contributed by atoms with Crippen LogP contribution in [0.5, 0.6) is 5.75 Å². The second-order valence-corrected chi connectivity index (χ2v) is 12.1. The number of carbonyl (C=O) groups is 2. The van der Waals surface area contributed by atoms with Gasteiger partial charge in [0.05, 0.1) is 34.4 Å². The number of nitrogens with one attached hydrogen (secondary N) is 1. The van der Waals surface area contributed by atoms with Gasteiger partial charge in [-0.1, -0.05) is 43.3 Å². The van der Waals surface area contributed by atoms with Crippen LogP contribution in [0.25, 0.3) is 0 Å². The van der Waals surface area contributed by atoms with E-state index in [4.69, 9.17) is 4.74 Å². The Bertz CT molecular complexity index is 1480. The van der Waals surface area contributed by atoms with Crippen LogP contribution in [0.3, 0.4) is 0 Å². The summed E-state index contributed by atoms with van der Waals surface area (Å²) in [5.74, 6) is -1.41. The molecule has 0 fully saturated rings. The molecule has 3 aromatic carbocycles. The quantitative estimate of drug-likeness (QED) is 0.331. The third-order valence-corrected chi connectivity index (χ3v) is 8.52. The van der Waals surface area contributed by atoms with E-state index in [9.17, 15) is 28.2 Å². The number of carboxylic acid groups (broad SMARTS) is 1. The zero-order valence-corrected chi connectivity index (χ0v) is 24.0. The Labute approximate surface area is 240 Å². The number of fused-ring (bicyclic) bond motifs is 1. The van der Waals surface area contributed by atoms with Crippen molar-refractivity contribution in [2.45, 2.75) is 37.4 Å². The number of carboxylic acids is 1. The molecule has 3 N–H and O–H groups in total. The third-order valence-electron chi connectivity index (χ3n) is 7.13. The van der Waals surface area contributed by atoms with Crippen LogP contribution in [0.4, 0.5) is 5.69 Å². The first-order valence-electron chi connectivity index (χ1n) is 13.3. The fourth-order valence-corrected chi connectivity index (χ4v) is 5.86. The van der Waals surface area contributed by atoms with Gasteiger partial charge in [-0.05, 0) is 55.9 Å². The molecule has 0 bridgehead atoms. The van der Waals surface area contributed by atoms with Gasteiger partial charge in [0.15, 0.2) is 5.75 Å². The van der Waals surface area contributed by atoms with E-state index < -0.39 is 28.1 Å². The van der Waals surface area contributed by atoms with Crippen LogP contribution in [-0.4, -0.2) is 79.2 Å². The van der Waals surface area contributed by atoms with E-state index >= 15 is 0 Å². The molecule has 0 saturated carbocycles. The zero-order chi connectivity index (χ0) is 29.7. The molecule has 3 atom stereocenters. The van der Waals surface area contributed by atoms with E-state index in [1.807, 2.05) is 18.9 Å². The van der Waals surface area contributed by atoms with E-state index in [1.165, 1.54) is 12.1 Å². The van der Waals surface area contributed by atoms with Gasteiger partial charge in [0.2, 0.25) is 0 Å². The number of aromatic carboxylic acids is 1.